The zero-order valence-corrected chi connectivity index (χ0v) is 14.0. The minimum absolute atomic E-state index is 0.738. The molecule has 0 spiro atoms. The standard InChI is InChI=1S/C17H29NOS/c1-4-11-18-14-16(6-5-12-20-3)13-15-7-9-17(19-2)10-8-15/h7-10,16,18H,4-6,11-14H2,1-3H3. The second kappa shape index (κ2) is 11.0. The van der Waals surface area contributed by atoms with Crippen molar-refractivity contribution in [2.75, 3.05) is 32.2 Å². The predicted octanol–water partition coefficient (Wildman–Crippen LogP) is 4.00. The smallest absolute Gasteiger partial charge is 0.118 e. The van der Waals surface area contributed by atoms with Crippen molar-refractivity contribution in [3.05, 3.63) is 29.8 Å². The fourth-order valence-corrected chi connectivity index (χ4v) is 2.83. The summed E-state index contributed by atoms with van der Waals surface area (Å²) in [6.07, 6.45) is 7.18. The fraction of sp³-hybridized carbons (Fsp3) is 0.647. The molecular formula is C17H29NOS. The van der Waals surface area contributed by atoms with Crippen LogP contribution in [0.5, 0.6) is 5.75 Å². The monoisotopic (exact) mass is 295 g/mol. The molecule has 2 nitrogen and oxygen atoms in total. The van der Waals surface area contributed by atoms with Crippen LogP contribution in [0, 0.1) is 5.92 Å². The summed E-state index contributed by atoms with van der Waals surface area (Å²) in [5.41, 5.74) is 1.42. The van der Waals surface area contributed by atoms with E-state index in [-0.39, 0.29) is 0 Å². The lowest BCUT2D eigenvalue weighted by Crippen LogP contribution is -2.25. The van der Waals surface area contributed by atoms with Gasteiger partial charge in [0.15, 0.2) is 0 Å². The molecule has 0 radical (unpaired) electrons. The molecule has 0 heterocycles. The number of hydrogen-bond donors (Lipinski definition) is 1. The molecule has 1 aromatic rings. The normalized spacial score (nSPS) is 12.3. The molecule has 0 bridgehead atoms. The topological polar surface area (TPSA) is 21.3 Å². The third kappa shape index (κ3) is 7.20. The first kappa shape index (κ1) is 17.4. The molecule has 114 valence electrons. The Morgan fingerprint density at radius 3 is 2.60 bits per heavy atom. The molecule has 0 aliphatic heterocycles. The Morgan fingerprint density at radius 1 is 1.25 bits per heavy atom. The highest BCUT2D eigenvalue weighted by atomic mass is 32.2. The van der Waals surface area contributed by atoms with E-state index in [1.165, 1.54) is 30.6 Å². The fourth-order valence-electron chi connectivity index (χ4n) is 2.37. The van der Waals surface area contributed by atoms with Gasteiger partial charge in [-0.05, 0) is 74.4 Å². The van der Waals surface area contributed by atoms with Crippen LogP contribution in [0.2, 0.25) is 0 Å². The predicted molar refractivity (Wildman–Crippen MR) is 91.0 cm³/mol. The Balaban J connectivity index is 2.47. The molecule has 1 rings (SSSR count). The van der Waals surface area contributed by atoms with Gasteiger partial charge in [-0.2, -0.15) is 11.8 Å². The molecule has 0 aromatic heterocycles. The molecule has 0 saturated carbocycles. The van der Waals surface area contributed by atoms with Gasteiger partial charge in [0.05, 0.1) is 7.11 Å². The lowest BCUT2D eigenvalue weighted by molar-refractivity contribution is 0.413. The molecular weight excluding hydrogens is 266 g/mol. The third-order valence-corrected chi connectivity index (χ3v) is 4.20. The van der Waals surface area contributed by atoms with E-state index in [4.69, 9.17) is 4.74 Å². The van der Waals surface area contributed by atoms with Gasteiger partial charge < -0.3 is 10.1 Å². The molecule has 0 fully saturated rings. The van der Waals surface area contributed by atoms with Crippen molar-refractivity contribution in [1.29, 1.82) is 0 Å². The highest BCUT2D eigenvalue weighted by Gasteiger charge is 2.09. The number of rotatable bonds is 11. The Hall–Kier alpha value is -0.670. The van der Waals surface area contributed by atoms with E-state index in [1.807, 2.05) is 11.8 Å². The molecule has 0 saturated heterocycles. The van der Waals surface area contributed by atoms with Crippen LogP contribution in [0.4, 0.5) is 0 Å². The van der Waals surface area contributed by atoms with Gasteiger partial charge in [-0.1, -0.05) is 19.1 Å². The number of methoxy groups -OCH3 is 1. The van der Waals surface area contributed by atoms with E-state index >= 15 is 0 Å². The Morgan fingerprint density at radius 2 is 2.00 bits per heavy atom. The minimum Gasteiger partial charge on any atom is -0.497 e. The molecule has 1 aromatic carbocycles. The second-order valence-corrected chi connectivity index (χ2v) is 6.24. The largest absolute Gasteiger partial charge is 0.497 e. The van der Waals surface area contributed by atoms with E-state index in [0.29, 0.717) is 0 Å². The summed E-state index contributed by atoms with van der Waals surface area (Å²) in [5.74, 6) is 2.95. The quantitative estimate of drug-likeness (QED) is 0.624. The summed E-state index contributed by atoms with van der Waals surface area (Å²) in [5, 5.41) is 3.57. The Labute approximate surface area is 128 Å². The first-order valence-electron chi connectivity index (χ1n) is 7.62. The van der Waals surface area contributed by atoms with Crippen LogP contribution in [0.3, 0.4) is 0 Å². The van der Waals surface area contributed by atoms with Crippen molar-refractivity contribution in [1.82, 2.24) is 5.32 Å². The SMILES string of the molecule is CCCNCC(CCCSC)Cc1ccc(OC)cc1. The van der Waals surface area contributed by atoms with Gasteiger partial charge in [0.2, 0.25) is 0 Å². The number of hydrogen-bond acceptors (Lipinski definition) is 3. The lowest BCUT2D eigenvalue weighted by Gasteiger charge is -2.18. The summed E-state index contributed by atoms with van der Waals surface area (Å²) in [7, 11) is 1.72. The molecule has 1 N–H and O–H groups in total. The van der Waals surface area contributed by atoms with E-state index in [0.717, 1.165) is 31.2 Å². The molecule has 1 unspecified atom stereocenters. The van der Waals surface area contributed by atoms with Crippen LogP contribution in [0.1, 0.15) is 31.7 Å². The summed E-state index contributed by atoms with van der Waals surface area (Å²) in [6, 6.07) is 8.52. The number of benzene rings is 1. The average Bonchev–Trinajstić information content (AvgIpc) is 2.48. The first-order chi connectivity index (χ1) is 9.80. The summed E-state index contributed by atoms with van der Waals surface area (Å²) < 4.78 is 5.22. The van der Waals surface area contributed by atoms with E-state index in [1.54, 1.807) is 7.11 Å². The first-order valence-corrected chi connectivity index (χ1v) is 9.02. The van der Waals surface area contributed by atoms with Gasteiger partial charge in [-0.3, -0.25) is 0 Å². The number of nitrogens with one attached hydrogen (secondary N) is 1. The highest BCUT2D eigenvalue weighted by molar-refractivity contribution is 7.98. The van der Waals surface area contributed by atoms with Gasteiger partial charge in [0.25, 0.3) is 0 Å². The van der Waals surface area contributed by atoms with Crippen LogP contribution < -0.4 is 10.1 Å². The van der Waals surface area contributed by atoms with Gasteiger partial charge in [-0.25, -0.2) is 0 Å². The maximum atomic E-state index is 5.22. The summed E-state index contributed by atoms with van der Waals surface area (Å²) >= 11 is 1.95. The molecule has 1 atom stereocenters. The van der Waals surface area contributed by atoms with Crippen LogP contribution in [-0.2, 0) is 6.42 Å². The second-order valence-electron chi connectivity index (χ2n) is 5.26. The molecule has 0 amide bonds. The zero-order chi connectivity index (χ0) is 14.6. The molecule has 0 aliphatic rings. The van der Waals surface area contributed by atoms with Crippen LogP contribution >= 0.6 is 11.8 Å². The van der Waals surface area contributed by atoms with Crippen molar-refractivity contribution in [2.45, 2.75) is 32.6 Å². The Bertz CT molecular complexity index is 329. The molecule has 3 heteroatoms. The van der Waals surface area contributed by atoms with Gasteiger partial charge in [-0.15, -0.1) is 0 Å². The molecule has 20 heavy (non-hydrogen) atoms. The van der Waals surface area contributed by atoms with Crippen molar-refractivity contribution in [3.63, 3.8) is 0 Å². The number of thioether (sulfide) groups is 1. The van der Waals surface area contributed by atoms with Gasteiger partial charge in [0, 0.05) is 0 Å². The zero-order valence-electron chi connectivity index (χ0n) is 13.2. The van der Waals surface area contributed by atoms with Crippen molar-refractivity contribution < 1.29 is 4.74 Å². The van der Waals surface area contributed by atoms with E-state index in [9.17, 15) is 0 Å². The number of ether oxygens (including phenoxy) is 1. The van der Waals surface area contributed by atoms with Crippen molar-refractivity contribution in [3.8, 4) is 5.75 Å². The average molecular weight is 295 g/mol. The van der Waals surface area contributed by atoms with Crippen LogP contribution in [0.25, 0.3) is 0 Å². The minimum atomic E-state index is 0.738. The van der Waals surface area contributed by atoms with E-state index in [2.05, 4.69) is 42.8 Å². The molecule has 0 aliphatic carbocycles. The van der Waals surface area contributed by atoms with Crippen molar-refractivity contribution >= 4 is 11.8 Å². The summed E-state index contributed by atoms with van der Waals surface area (Å²) in [4.78, 5) is 0. The maximum absolute atomic E-state index is 5.22. The van der Waals surface area contributed by atoms with Gasteiger partial charge >= 0.3 is 0 Å². The Kier molecular flexibility index (Phi) is 9.60. The van der Waals surface area contributed by atoms with Gasteiger partial charge in [0.1, 0.15) is 5.75 Å². The summed E-state index contributed by atoms with van der Waals surface area (Å²) in [6.45, 7) is 4.48. The van der Waals surface area contributed by atoms with E-state index < -0.39 is 0 Å². The maximum Gasteiger partial charge on any atom is 0.118 e. The van der Waals surface area contributed by atoms with Crippen LogP contribution in [-0.4, -0.2) is 32.2 Å². The van der Waals surface area contributed by atoms with Crippen molar-refractivity contribution in [2.24, 2.45) is 5.92 Å². The highest BCUT2D eigenvalue weighted by Crippen LogP contribution is 2.18. The lowest BCUT2D eigenvalue weighted by atomic mass is 9.95. The van der Waals surface area contributed by atoms with Crippen LogP contribution in [0.15, 0.2) is 24.3 Å². The third-order valence-electron chi connectivity index (χ3n) is 3.50.